The van der Waals surface area contributed by atoms with E-state index in [0.29, 0.717) is 16.9 Å². The van der Waals surface area contributed by atoms with Gasteiger partial charge >= 0.3 is 0 Å². The van der Waals surface area contributed by atoms with Gasteiger partial charge in [0, 0.05) is 10.9 Å². The van der Waals surface area contributed by atoms with Crippen LogP contribution in [0.2, 0.25) is 0 Å². The van der Waals surface area contributed by atoms with E-state index in [2.05, 4.69) is 42.4 Å². The average molecular weight is 392 g/mol. The van der Waals surface area contributed by atoms with E-state index in [1.165, 1.54) is 6.21 Å². The van der Waals surface area contributed by atoms with Crippen molar-refractivity contribution in [2.24, 2.45) is 5.10 Å². The largest absolute Gasteiger partial charge is 0.447 e. The lowest BCUT2D eigenvalue weighted by molar-refractivity contribution is -0.120. The van der Waals surface area contributed by atoms with Crippen LogP contribution < -0.4 is 5.43 Å². The zero-order valence-electron chi connectivity index (χ0n) is 9.02. The number of hydrazone groups is 1. The molecule has 0 aliphatic heterocycles. The Balaban J connectivity index is 1.85. The molecule has 0 atom stereocenters. The van der Waals surface area contributed by atoms with Crippen molar-refractivity contribution >= 4 is 55.3 Å². The second-order valence-corrected chi connectivity index (χ2v) is 5.93. The van der Waals surface area contributed by atoms with Gasteiger partial charge < -0.3 is 4.42 Å². The van der Waals surface area contributed by atoms with Gasteiger partial charge in [0.2, 0.25) is 5.91 Å². The molecule has 1 N–H and O–H groups in total. The van der Waals surface area contributed by atoms with Crippen molar-refractivity contribution in [2.45, 2.75) is 6.42 Å². The molecular formula is C11H8Br2N2O2S. The monoisotopic (exact) mass is 390 g/mol. The number of hydrogen-bond donors (Lipinski definition) is 1. The van der Waals surface area contributed by atoms with Crippen LogP contribution in [0.5, 0.6) is 0 Å². The molecule has 2 rings (SSSR count). The number of thiophene rings is 1. The van der Waals surface area contributed by atoms with Crippen LogP contribution in [0.15, 0.2) is 42.2 Å². The second kappa shape index (κ2) is 6.31. The third kappa shape index (κ3) is 3.79. The second-order valence-electron chi connectivity index (χ2n) is 3.32. The van der Waals surface area contributed by atoms with E-state index in [9.17, 15) is 4.79 Å². The number of carbonyl (C=O) groups excluding carboxylic acids is 1. The molecule has 18 heavy (non-hydrogen) atoms. The molecule has 0 spiro atoms. The highest BCUT2D eigenvalue weighted by Crippen LogP contribution is 2.25. The predicted molar refractivity (Wildman–Crippen MR) is 77.9 cm³/mol. The topological polar surface area (TPSA) is 54.6 Å². The molecule has 2 aromatic rings. The van der Waals surface area contributed by atoms with Gasteiger partial charge in [-0.15, -0.1) is 11.3 Å². The molecule has 0 saturated carbocycles. The maximum Gasteiger partial charge on any atom is 0.245 e. The fraction of sp³-hybridized carbons (Fsp3) is 0.0909. The molecule has 0 unspecified atom stereocenters. The van der Waals surface area contributed by atoms with Crippen LogP contribution in [0, 0.1) is 0 Å². The maximum absolute atomic E-state index is 11.5. The summed E-state index contributed by atoms with van der Waals surface area (Å²) in [5.74, 6) is 0.392. The summed E-state index contributed by atoms with van der Waals surface area (Å²) in [5.41, 5.74) is 2.44. The molecular weight excluding hydrogens is 384 g/mol. The summed E-state index contributed by atoms with van der Waals surface area (Å²) in [5, 5.41) is 5.76. The van der Waals surface area contributed by atoms with E-state index < -0.39 is 0 Å². The van der Waals surface area contributed by atoms with Crippen LogP contribution in [0.1, 0.15) is 10.6 Å². The number of halogens is 2. The average Bonchev–Trinajstić information content (AvgIpc) is 2.90. The third-order valence-corrected chi connectivity index (χ3v) is 4.55. The molecule has 0 aliphatic rings. The van der Waals surface area contributed by atoms with Crippen LogP contribution in [0.4, 0.5) is 0 Å². The lowest BCUT2D eigenvalue weighted by Crippen LogP contribution is -2.19. The molecule has 0 aliphatic carbocycles. The zero-order valence-corrected chi connectivity index (χ0v) is 13.0. The normalized spacial score (nSPS) is 11.0. The van der Waals surface area contributed by atoms with Crippen molar-refractivity contribution in [3.63, 3.8) is 0 Å². The standard InChI is InChI=1S/C11H8Br2N2O2S/c12-9-4-7(17-11(9)13)6-14-15-10(16)5-8-2-1-3-18-8/h1-4,6H,5H2,(H,15,16). The van der Waals surface area contributed by atoms with Gasteiger partial charge in [0.15, 0.2) is 4.67 Å². The highest BCUT2D eigenvalue weighted by Gasteiger charge is 2.04. The predicted octanol–water partition coefficient (Wildman–Crippen LogP) is 3.56. The number of nitrogens with one attached hydrogen (secondary N) is 1. The van der Waals surface area contributed by atoms with Crippen LogP contribution >= 0.6 is 43.2 Å². The zero-order chi connectivity index (χ0) is 13.0. The number of amides is 1. The van der Waals surface area contributed by atoms with Crippen LogP contribution in [-0.2, 0) is 11.2 Å². The Morgan fingerprint density at radius 1 is 1.56 bits per heavy atom. The van der Waals surface area contributed by atoms with Crippen molar-refractivity contribution in [1.82, 2.24) is 5.43 Å². The fourth-order valence-electron chi connectivity index (χ4n) is 1.21. The highest BCUT2D eigenvalue weighted by molar-refractivity contribution is 9.13. The molecule has 0 aromatic carbocycles. The summed E-state index contributed by atoms with van der Waals surface area (Å²) in [7, 11) is 0. The maximum atomic E-state index is 11.5. The molecule has 0 bridgehead atoms. The Hall–Kier alpha value is -0.920. The van der Waals surface area contributed by atoms with Gasteiger partial charge in [0.1, 0.15) is 5.76 Å². The molecule has 94 valence electrons. The van der Waals surface area contributed by atoms with Gasteiger partial charge in [-0.25, -0.2) is 5.43 Å². The minimum atomic E-state index is -0.154. The molecule has 2 aromatic heterocycles. The Kier molecular flexibility index (Phi) is 4.73. The first kappa shape index (κ1) is 13.5. The number of hydrogen-bond acceptors (Lipinski definition) is 4. The van der Waals surface area contributed by atoms with Crippen LogP contribution in [0.3, 0.4) is 0 Å². The SMILES string of the molecule is O=C(Cc1cccs1)NN=Cc1cc(Br)c(Br)o1. The van der Waals surface area contributed by atoms with Crippen molar-refractivity contribution < 1.29 is 9.21 Å². The smallest absolute Gasteiger partial charge is 0.245 e. The van der Waals surface area contributed by atoms with E-state index in [1.54, 1.807) is 17.4 Å². The summed E-state index contributed by atoms with van der Waals surface area (Å²) in [6, 6.07) is 5.57. The van der Waals surface area contributed by atoms with E-state index >= 15 is 0 Å². The lowest BCUT2D eigenvalue weighted by atomic mass is 10.3. The summed E-state index contributed by atoms with van der Waals surface area (Å²) in [6.07, 6.45) is 1.78. The number of carbonyl (C=O) groups is 1. The Morgan fingerprint density at radius 2 is 2.39 bits per heavy atom. The van der Waals surface area contributed by atoms with Crippen molar-refractivity contribution in [3.8, 4) is 0 Å². The third-order valence-electron chi connectivity index (χ3n) is 1.96. The van der Waals surface area contributed by atoms with Gasteiger partial charge in [0.05, 0.1) is 17.1 Å². The molecule has 2 heterocycles. The molecule has 4 nitrogen and oxygen atoms in total. The van der Waals surface area contributed by atoms with Gasteiger partial charge in [-0.05, 0) is 43.3 Å². The van der Waals surface area contributed by atoms with Crippen molar-refractivity contribution in [3.05, 3.63) is 43.4 Å². The van der Waals surface area contributed by atoms with E-state index in [-0.39, 0.29) is 5.91 Å². The van der Waals surface area contributed by atoms with Crippen LogP contribution in [0.25, 0.3) is 0 Å². The first-order valence-corrected chi connectivity index (χ1v) is 7.41. The van der Waals surface area contributed by atoms with Gasteiger partial charge in [0.25, 0.3) is 0 Å². The first-order chi connectivity index (χ1) is 8.65. The van der Waals surface area contributed by atoms with Gasteiger partial charge in [-0.1, -0.05) is 6.07 Å². The summed E-state index contributed by atoms with van der Waals surface area (Å²) >= 11 is 8.05. The first-order valence-electron chi connectivity index (χ1n) is 4.94. The molecule has 0 saturated heterocycles. The van der Waals surface area contributed by atoms with E-state index in [0.717, 1.165) is 9.35 Å². The Labute approximate surface area is 124 Å². The van der Waals surface area contributed by atoms with E-state index in [1.807, 2.05) is 17.5 Å². The van der Waals surface area contributed by atoms with Gasteiger partial charge in [-0.3, -0.25) is 4.79 Å². The van der Waals surface area contributed by atoms with Crippen molar-refractivity contribution in [1.29, 1.82) is 0 Å². The summed E-state index contributed by atoms with van der Waals surface area (Å²) in [4.78, 5) is 12.5. The van der Waals surface area contributed by atoms with E-state index in [4.69, 9.17) is 4.42 Å². The minimum absolute atomic E-state index is 0.154. The Bertz CT molecular complexity index is 544. The number of nitrogens with zero attached hydrogens (tertiary/aromatic N) is 1. The summed E-state index contributed by atoms with van der Waals surface area (Å²) in [6.45, 7) is 0. The quantitative estimate of drug-likeness (QED) is 0.639. The lowest BCUT2D eigenvalue weighted by Gasteiger charge is -1.95. The number of rotatable bonds is 4. The molecule has 7 heteroatoms. The molecule has 0 fully saturated rings. The minimum Gasteiger partial charge on any atom is -0.447 e. The summed E-state index contributed by atoms with van der Waals surface area (Å²) < 4.78 is 6.66. The highest BCUT2D eigenvalue weighted by atomic mass is 79.9. The van der Waals surface area contributed by atoms with Gasteiger partial charge in [-0.2, -0.15) is 5.10 Å². The number of furan rings is 1. The molecule has 0 radical (unpaired) electrons. The van der Waals surface area contributed by atoms with Crippen molar-refractivity contribution in [2.75, 3.05) is 0 Å². The molecule has 1 amide bonds. The fourth-order valence-corrected chi connectivity index (χ4v) is 2.52. The Morgan fingerprint density at radius 3 is 3.00 bits per heavy atom. The van der Waals surface area contributed by atoms with Crippen LogP contribution in [-0.4, -0.2) is 12.1 Å².